The molecule has 0 aliphatic rings. The third-order valence-corrected chi connectivity index (χ3v) is 6.39. The van der Waals surface area contributed by atoms with Crippen LogP contribution in [0.4, 0.5) is 8.78 Å². The second kappa shape index (κ2) is 10.2. The summed E-state index contributed by atoms with van der Waals surface area (Å²) in [5.41, 5.74) is 3.27. The van der Waals surface area contributed by atoms with Crippen molar-refractivity contribution in [1.82, 2.24) is 9.29 Å². The quantitative estimate of drug-likeness (QED) is 0.304. The molecule has 1 amide bonds. The maximum absolute atomic E-state index is 14.1. The van der Waals surface area contributed by atoms with Gasteiger partial charge in [-0.25, -0.2) is 21.9 Å². The van der Waals surface area contributed by atoms with Gasteiger partial charge in [0.25, 0.3) is 5.91 Å². The van der Waals surface area contributed by atoms with Gasteiger partial charge in [0.1, 0.15) is 24.0 Å². The van der Waals surface area contributed by atoms with Gasteiger partial charge in [0.2, 0.25) is 10.0 Å². The van der Waals surface area contributed by atoms with E-state index in [-0.39, 0.29) is 17.7 Å². The van der Waals surface area contributed by atoms with Gasteiger partial charge in [0.05, 0.1) is 11.9 Å². The number of amides is 1. The first-order valence-corrected chi connectivity index (χ1v) is 13.4. The molecule has 0 aliphatic carbocycles. The molecule has 0 fully saturated rings. The van der Waals surface area contributed by atoms with Gasteiger partial charge in [-0.05, 0) is 67.6 Å². The van der Waals surface area contributed by atoms with E-state index >= 15 is 0 Å². The highest BCUT2D eigenvalue weighted by atomic mass is 79.9. The van der Waals surface area contributed by atoms with E-state index in [9.17, 15) is 22.0 Å². The van der Waals surface area contributed by atoms with Gasteiger partial charge < -0.3 is 9.30 Å². The van der Waals surface area contributed by atoms with Gasteiger partial charge in [-0.2, -0.15) is 0 Å². The minimum atomic E-state index is -3.72. The number of hydrogen-bond donors (Lipinski definition) is 1. The number of aryl methyl sites for hydroxylation is 1. The molecule has 0 radical (unpaired) electrons. The van der Waals surface area contributed by atoms with Crippen molar-refractivity contribution in [3.63, 3.8) is 0 Å². The molecule has 4 rings (SSSR count). The van der Waals surface area contributed by atoms with Gasteiger partial charge in [-0.15, -0.1) is 0 Å². The monoisotopic (exact) mass is 574 g/mol. The average molecular weight is 575 g/mol. The van der Waals surface area contributed by atoms with E-state index in [4.69, 9.17) is 4.74 Å². The van der Waals surface area contributed by atoms with Crippen LogP contribution in [-0.2, 0) is 16.6 Å². The number of nitrogens with zero attached hydrogens (tertiary/aromatic N) is 1. The molecule has 0 aliphatic heterocycles. The maximum atomic E-state index is 14.1. The standard InChI is InChI=1S/C26H21BrF2N2O4S/c1-16-6-10-24(31(16)21-5-3-4-17(12-21)26(32)30-36(2,33)34)22-13-19(27)8-11-25(22)35-15-18-7-9-20(28)14-23(18)29/h3-14H,15H2,1-2H3,(H,30,32). The number of carbonyl (C=O) groups excluding carboxylic acids is 1. The first-order valence-electron chi connectivity index (χ1n) is 10.7. The molecule has 0 spiro atoms. The molecule has 1 aromatic heterocycles. The molecule has 6 nitrogen and oxygen atoms in total. The third kappa shape index (κ3) is 5.83. The van der Waals surface area contributed by atoms with E-state index in [1.54, 1.807) is 30.3 Å². The van der Waals surface area contributed by atoms with E-state index in [1.165, 1.54) is 18.2 Å². The van der Waals surface area contributed by atoms with E-state index in [0.717, 1.165) is 28.2 Å². The summed E-state index contributed by atoms with van der Waals surface area (Å²) >= 11 is 3.48. The number of sulfonamides is 1. The van der Waals surface area contributed by atoms with Gasteiger partial charge in [0, 0.05) is 38.6 Å². The molecule has 0 bridgehead atoms. The molecular formula is C26H21BrF2N2O4S. The van der Waals surface area contributed by atoms with Crippen molar-refractivity contribution in [3.05, 3.63) is 106 Å². The zero-order valence-corrected chi connectivity index (χ0v) is 21.7. The lowest BCUT2D eigenvalue weighted by Gasteiger charge is -2.17. The minimum Gasteiger partial charge on any atom is -0.488 e. The predicted octanol–water partition coefficient (Wildman–Crippen LogP) is 5.76. The zero-order valence-electron chi connectivity index (χ0n) is 19.3. The Hall–Kier alpha value is -3.50. The Balaban J connectivity index is 1.73. The van der Waals surface area contributed by atoms with Crippen LogP contribution in [0.5, 0.6) is 5.75 Å². The molecule has 0 atom stereocenters. The number of aromatic nitrogens is 1. The van der Waals surface area contributed by atoms with Crippen molar-refractivity contribution >= 4 is 31.9 Å². The van der Waals surface area contributed by atoms with Gasteiger partial charge in [0.15, 0.2) is 0 Å². The van der Waals surface area contributed by atoms with Gasteiger partial charge >= 0.3 is 0 Å². The largest absolute Gasteiger partial charge is 0.488 e. The lowest BCUT2D eigenvalue weighted by molar-refractivity contribution is 0.0981. The summed E-state index contributed by atoms with van der Waals surface area (Å²) in [5, 5.41) is 0. The Bertz CT molecular complexity index is 1570. The molecule has 0 saturated carbocycles. The highest BCUT2D eigenvalue weighted by molar-refractivity contribution is 9.10. The Labute approximate surface area is 215 Å². The van der Waals surface area contributed by atoms with Crippen molar-refractivity contribution < 1.29 is 26.7 Å². The van der Waals surface area contributed by atoms with Gasteiger partial charge in [-0.1, -0.05) is 22.0 Å². The second-order valence-corrected chi connectivity index (χ2v) is 10.8. The number of halogens is 3. The smallest absolute Gasteiger partial charge is 0.264 e. The SMILES string of the molecule is Cc1ccc(-c2cc(Br)ccc2OCc2ccc(F)cc2F)n1-c1cccc(C(=O)NS(C)(=O)=O)c1. The van der Waals surface area contributed by atoms with Crippen LogP contribution in [0.25, 0.3) is 16.9 Å². The number of ether oxygens (including phenoxy) is 1. The summed E-state index contributed by atoms with van der Waals surface area (Å²) in [6.07, 6.45) is 0.912. The van der Waals surface area contributed by atoms with Crippen LogP contribution < -0.4 is 9.46 Å². The molecule has 186 valence electrons. The summed E-state index contributed by atoms with van der Waals surface area (Å²) < 4.78 is 61.0. The van der Waals surface area contributed by atoms with E-state index < -0.39 is 27.6 Å². The number of benzene rings is 3. The first-order chi connectivity index (χ1) is 17.0. The summed E-state index contributed by atoms with van der Waals surface area (Å²) in [6, 6.07) is 19.0. The van der Waals surface area contributed by atoms with Crippen LogP contribution in [0.1, 0.15) is 21.6 Å². The Morgan fingerprint density at radius 3 is 2.53 bits per heavy atom. The molecule has 0 saturated heterocycles. The summed E-state index contributed by atoms with van der Waals surface area (Å²) in [4.78, 5) is 12.4. The molecule has 1 heterocycles. The highest BCUT2D eigenvalue weighted by Gasteiger charge is 2.17. The fraction of sp³-hybridized carbons (Fsp3) is 0.115. The molecule has 4 aromatic rings. The van der Waals surface area contributed by atoms with E-state index in [1.807, 2.05) is 34.4 Å². The van der Waals surface area contributed by atoms with Crippen LogP contribution in [0.3, 0.4) is 0 Å². The summed E-state index contributed by atoms with van der Waals surface area (Å²) in [6.45, 7) is 1.78. The van der Waals surface area contributed by atoms with Crippen molar-refractivity contribution in [2.45, 2.75) is 13.5 Å². The van der Waals surface area contributed by atoms with Crippen molar-refractivity contribution in [2.24, 2.45) is 0 Å². The van der Waals surface area contributed by atoms with Crippen molar-refractivity contribution in [3.8, 4) is 22.7 Å². The molecular weight excluding hydrogens is 554 g/mol. The third-order valence-electron chi connectivity index (χ3n) is 5.34. The Morgan fingerprint density at radius 1 is 1.03 bits per heavy atom. The number of rotatable bonds is 7. The van der Waals surface area contributed by atoms with Crippen LogP contribution in [0, 0.1) is 18.6 Å². The van der Waals surface area contributed by atoms with Crippen LogP contribution in [0.2, 0.25) is 0 Å². The Kier molecular flexibility index (Phi) is 7.28. The fourth-order valence-corrected chi connectivity index (χ4v) is 4.54. The van der Waals surface area contributed by atoms with Crippen LogP contribution in [0.15, 0.2) is 77.3 Å². The molecule has 10 heteroatoms. The van der Waals surface area contributed by atoms with Gasteiger partial charge in [-0.3, -0.25) is 4.79 Å². The zero-order chi connectivity index (χ0) is 26.0. The maximum Gasteiger partial charge on any atom is 0.264 e. The lowest BCUT2D eigenvalue weighted by atomic mass is 10.1. The number of hydrogen-bond acceptors (Lipinski definition) is 4. The topological polar surface area (TPSA) is 77.4 Å². The lowest BCUT2D eigenvalue weighted by Crippen LogP contribution is -2.29. The second-order valence-electron chi connectivity index (χ2n) is 8.11. The van der Waals surface area contributed by atoms with Crippen molar-refractivity contribution in [1.29, 1.82) is 0 Å². The summed E-state index contributed by atoms with van der Waals surface area (Å²) in [5.74, 6) is -1.64. The molecule has 3 aromatic carbocycles. The molecule has 36 heavy (non-hydrogen) atoms. The Morgan fingerprint density at radius 2 is 1.81 bits per heavy atom. The first kappa shape index (κ1) is 25.6. The average Bonchev–Trinajstić information content (AvgIpc) is 3.19. The van der Waals surface area contributed by atoms with E-state index in [0.29, 0.717) is 17.0 Å². The molecule has 1 N–H and O–H groups in total. The number of carbonyl (C=O) groups is 1. The normalized spacial score (nSPS) is 11.4. The van der Waals surface area contributed by atoms with Crippen LogP contribution in [-0.4, -0.2) is 25.1 Å². The highest BCUT2D eigenvalue weighted by Crippen LogP contribution is 2.36. The predicted molar refractivity (Wildman–Crippen MR) is 137 cm³/mol. The number of nitrogens with one attached hydrogen (secondary N) is 1. The summed E-state index contributed by atoms with van der Waals surface area (Å²) in [7, 11) is -3.72. The van der Waals surface area contributed by atoms with Crippen molar-refractivity contribution in [2.75, 3.05) is 6.26 Å². The minimum absolute atomic E-state index is 0.110. The van der Waals surface area contributed by atoms with Crippen LogP contribution >= 0.6 is 15.9 Å². The molecule has 0 unspecified atom stereocenters. The van der Waals surface area contributed by atoms with E-state index in [2.05, 4.69) is 15.9 Å². The fourth-order valence-electron chi connectivity index (χ4n) is 3.73.